The Bertz CT molecular complexity index is 852. The van der Waals surface area contributed by atoms with Gasteiger partial charge in [0, 0.05) is 12.5 Å². The minimum absolute atomic E-state index is 0.182. The van der Waals surface area contributed by atoms with Crippen molar-refractivity contribution in [1.29, 1.82) is 0 Å². The van der Waals surface area contributed by atoms with E-state index in [9.17, 15) is 4.39 Å². The van der Waals surface area contributed by atoms with E-state index >= 15 is 0 Å². The van der Waals surface area contributed by atoms with Crippen LogP contribution in [0.3, 0.4) is 0 Å². The van der Waals surface area contributed by atoms with E-state index in [0.29, 0.717) is 34.0 Å². The average molecular weight is 347 g/mol. The molecule has 2 aromatic heterocycles. The molecule has 0 aliphatic carbocycles. The summed E-state index contributed by atoms with van der Waals surface area (Å²) in [7, 11) is 1.81. The van der Waals surface area contributed by atoms with E-state index in [1.54, 1.807) is 29.8 Å². The van der Waals surface area contributed by atoms with E-state index in [4.69, 9.17) is 4.52 Å². The van der Waals surface area contributed by atoms with E-state index < -0.39 is 0 Å². The summed E-state index contributed by atoms with van der Waals surface area (Å²) in [6, 6.07) is 6.51. The number of rotatable bonds is 4. The Hall–Kier alpha value is -2.22. The fourth-order valence-electron chi connectivity index (χ4n) is 2.06. The van der Waals surface area contributed by atoms with E-state index in [2.05, 4.69) is 20.3 Å². The van der Waals surface area contributed by atoms with Crippen LogP contribution in [0, 0.1) is 5.82 Å². The molecule has 0 N–H and O–H groups in total. The molecule has 0 amide bonds. The molecule has 2 heterocycles. The minimum Gasteiger partial charge on any atom is -0.339 e. The maximum atomic E-state index is 13.9. The van der Waals surface area contributed by atoms with Crippen molar-refractivity contribution in [3.8, 4) is 11.4 Å². The SMILES string of the molecule is Cn1c(SCc2noc(C(C)(C)C)n2)nnc1-c1ccccc1F. The zero-order valence-corrected chi connectivity index (χ0v) is 14.8. The van der Waals surface area contributed by atoms with Crippen LogP contribution in [0.25, 0.3) is 11.4 Å². The summed E-state index contributed by atoms with van der Waals surface area (Å²) in [5.74, 6) is 1.86. The van der Waals surface area contributed by atoms with E-state index in [1.165, 1.54) is 17.8 Å². The van der Waals surface area contributed by atoms with Crippen molar-refractivity contribution in [3.63, 3.8) is 0 Å². The quantitative estimate of drug-likeness (QED) is 0.672. The van der Waals surface area contributed by atoms with Gasteiger partial charge in [-0.25, -0.2) is 4.39 Å². The number of halogens is 1. The van der Waals surface area contributed by atoms with Crippen LogP contribution in [0.2, 0.25) is 0 Å². The molecule has 3 rings (SSSR count). The topological polar surface area (TPSA) is 69.6 Å². The van der Waals surface area contributed by atoms with Gasteiger partial charge in [-0.15, -0.1) is 10.2 Å². The van der Waals surface area contributed by atoms with Gasteiger partial charge in [-0.2, -0.15) is 4.98 Å². The first-order chi connectivity index (χ1) is 11.4. The lowest BCUT2D eigenvalue weighted by atomic mass is 9.97. The second-order valence-electron chi connectivity index (χ2n) is 6.40. The molecule has 8 heteroatoms. The molecular formula is C16H18FN5OS. The van der Waals surface area contributed by atoms with Crippen molar-refractivity contribution in [2.24, 2.45) is 7.05 Å². The Morgan fingerprint density at radius 3 is 2.62 bits per heavy atom. The average Bonchev–Trinajstić information content (AvgIpc) is 3.13. The van der Waals surface area contributed by atoms with Crippen LogP contribution >= 0.6 is 11.8 Å². The first-order valence-corrected chi connectivity index (χ1v) is 8.45. The molecule has 0 fully saturated rings. The Kier molecular flexibility index (Phi) is 4.40. The van der Waals surface area contributed by atoms with Crippen molar-refractivity contribution < 1.29 is 8.91 Å². The molecule has 126 valence electrons. The van der Waals surface area contributed by atoms with Crippen LogP contribution in [0.1, 0.15) is 32.5 Å². The Morgan fingerprint density at radius 2 is 1.96 bits per heavy atom. The number of hydrogen-bond donors (Lipinski definition) is 0. The van der Waals surface area contributed by atoms with E-state index in [-0.39, 0.29) is 11.2 Å². The van der Waals surface area contributed by atoms with Crippen LogP contribution in [0.5, 0.6) is 0 Å². The third-order valence-electron chi connectivity index (χ3n) is 3.39. The highest BCUT2D eigenvalue weighted by Crippen LogP contribution is 2.27. The van der Waals surface area contributed by atoms with E-state index in [0.717, 1.165) is 0 Å². The minimum atomic E-state index is -0.322. The molecule has 0 atom stereocenters. The number of thioether (sulfide) groups is 1. The first-order valence-electron chi connectivity index (χ1n) is 7.46. The maximum absolute atomic E-state index is 13.9. The second-order valence-corrected chi connectivity index (χ2v) is 7.34. The zero-order valence-electron chi connectivity index (χ0n) is 13.9. The predicted molar refractivity (Wildman–Crippen MR) is 89.0 cm³/mol. The van der Waals surface area contributed by atoms with Crippen LogP contribution in [0.15, 0.2) is 33.9 Å². The Balaban J connectivity index is 1.76. The second kappa shape index (κ2) is 6.35. The summed E-state index contributed by atoms with van der Waals surface area (Å²) in [4.78, 5) is 4.39. The highest BCUT2D eigenvalue weighted by Gasteiger charge is 2.22. The highest BCUT2D eigenvalue weighted by atomic mass is 32.2. The molecular weight excluding hydrogens is 329 g/mol. The lowest BCUT2D eigenvalue weighted by molar-refractivity contribution is 0.319. The fourth-order valence-corrected chi connectivity index (χ4v) is 2.82. The molecule has 0 aliphatic heterocycles. The summed E-state index contributed by atoms with van der Waals surface area (Å²) in [5.41, 5.74) is 0.243. The Morgan fingerprint density at radius 1 is 1.21 bits per heavy atom. The normalized spacial score (nSPS) is 11.9. The number of aromatic nitrogens is 5. The van der Waals surface area contributed by atoms with Gasteiger partial charge in [0.1, 0.15) is 5.82 Å². The van der Waals surface area contributed by atoms with Crippen molar-refractivity contribution in [2.75, 3.05) is 0 Å². The molecule has 0 bridgehead atoms. The van der Waals surface area contributed by atoms with Gasteiger partial charge >= 0.3 is 0 Å². The third kappa shape index (κ3) is 3.33. The molecule has 0 saturated carbocycles. The summed E-state index contributed by atoms with van der Waals surface area (Å²) >= 11 is 1.43. The monoisotopic (exact) mass is 347 g/mol. The maximum Gasteiger partial charge on any atom is 0.232 e. The molecule has 0 saturated heterocycles. The number of hydrogen-bond acceptors (Lipinski definition) is 6. The zero-order chi connectivity index (χ0) is 17.3. The molecule has 3 aromatic rings. The Labute approximate surface area is 143 Å². The highest BCUT2D eigenvalue weighted by molar-refractivity contribution is 7.98. The summed E-state index contributed by atoms with van der Waals surface area (Å²) in [6.07, 6.45) is 0. The van der Waals surface area contributed by atoms with Gasteiger partial charge in [0.05, 0.1) is 11.3 Å². The third-order valence-corrected chi connectivity index (χ3v) is 4.41. The molecule has 24 heavy (non-hydrogen) atoms. The largest absolute Gasteiger partial charge is 0.339 e. The van der Waals surface area contributed by atoms with Gasteiger partial charge in [-0.05, 0) is 12.1 Å². The van der Waals surface area contributed by atoms with Crippen molar-refractivity contribution in [3.05, 3.63) is 41.8 Å². The molecule has 1 aromatic carbocycles. The molecule has 0 spiro atoms. The van der Waals surface area contributed by atoms with Crippen LogP contribution in [-0.4, -0.2) is 24.9 Å². The van der Waals surface area contributed by atoms with Crippen molar-refractivity contribution in [1.82, 2.24) is 24.9 Å². The van der Waals surface area contributed by atoms with Gasteiger partial charge in [0.2, 0.25) is 5.89 Å². The number of benzene rings is 1. The summed E-state index contributed by atoms with van der Waals surface area (Å²) < 4.78 is 20.9. The molecule has 0 radical (unpaired) electrons. The van der Waals surface area contributed by atoms with Gasteiger partial charge in [0.15, 0.2) is 16.8 Å². The lowest BCUT2D eigenvalue weighted by Crippen LogP contribution is -2.11. The van der Waals surface area contributed by atoms with Crippen molar-refractivity contribution in [2.45, 2.75) is 37.1 Å². The predicted octanol–water partition coefficient (Wildman–Crippen LogP) is 3.59. The first kappa shape index (κ1) is 16.6. The van der Waals surface area contributed by atoms with Gasteiger partial charge in [-0.1, -0.05) is 49.8 Å². The smallest absolute Gasteiger partial charge is 0.232 e. The van der Waals surface area contributed by atoms with Crippen LogP contribution < -0.4 is 0 Å². The standard InChI is InChI=1S/C16H18FN5OS/c1-16(2,3)14-18-12(21-23-14)9-24-15-20-19-13(22(15)4)10-7-5-6-8-11(10)17/h5-8H,9H2,1-4H3. The fraction of sp³-hybridized carbons (Fsp3) is 0.375. The molecule has 6 nitrogen and oxygen atoms in total. The van der Waals surface area contributed by atoms with Gasteiger partial charge in [-0.3, -0.25) is 0 Å². The van der Waals surface area contributed by atoms with Crippen molar-refractivity contribution >= 4 is 11.8 Å². The summed E-state index contributed by atoms with van der Waals surface area (Å²) in [5, 5.41) is 12.9. The van der Waals surface area contributed by atoms with E-state index in [1.807, 2.05) is 20.8 Å². The molecule has 0 aliphatic rings. The van der Waals surface area contributed by atoms with Gasteiger partial charge < -0.3 is 9.09 Å². The lowest BCUT2D eigenvalue weighted by Gasteiger charge is -2.10. The summed E-state index contributed by atoms with van der Waals surface area (Å²) in [6.45, 7) is 6.04. The van der Waals surface area contributed by atoms with Crippen LogP contribution in [-0.2, 0) is 18.2 Å². The van der Waals surface area contributed by atoms with Gasteiger partial charge in [0.25, 0.3) is 0 Å². The number of nitrogens with zero attached hydrogens (tertiary/aromatic N) is 5. The van der Waals surface area contributed by atoms with Crippen LogP contribution in [0.4, 0.5) is 4.39 Å². The molecule has 0 unspecified atom stereocenters.